The Kier molecular flexibility index (Phi) is 4.98. The van der Waals surface area contributed by atoms with Crippen molar-refractivity contribution in [1.29, 1.82) is 0 Å². The van der Waals surface area contributed by atoms with Crippen LogP contribution in [0.25, 0.3) is 0 Å². The molecule has 0 radical (unpaired) electrons. The van der Waals surface area contributed by atoms with E-state index in [0.29, 0.717) is 0 Å². The summed E-state index contributed by atoms with van der Waals surface area (Å²) in [5, 5.41) is 7.59. The van der Waals surface area contributed by atoms with Crippen LogP contribution in [0.15, 0.2) is 42.7 Å². The third-order valence-electron chi connectivity index (χ3n) is 3.13. The fourth-order valence-corrected chi connectivity index (χ4v) is 2.05. The van der Waals surface area contributed by atoms with Gasteiger partial charge in [0.25, 0.3) is 0 Å². The molecule has 19 heavy (non-hydrogen) atoms. The van der Waals surface area contributed by atoms with Crippen molar-refractivity contribution in [3.05, 3.63) is 48.3 Å². The maximum atomic E-state index is 4.15. The Morgan fingerprint density at radius 3 is 2.74 bits per heavy atom. The number of para-hydroxylation sites is 1. The highest BCUT2D eigenvalue weighted by Crippen LogP contribution is 2.10. The Labute approximate surface area is 115 Å². The largest absolute Gasteiger partial charge is 0.375 e. The van der Waals surface area contributed by atoms with E-state index in [9.17, 15) is 0 Å². The molecule has 1 aromatic heterocycles. The minimum absolute atomic E-state index is 0.892. The summed E-state index contributed by atoms with van der Waals surface area (Å²) in [6, 6.07) is 10.5. The predicted molar refractivity (Wildman–Crippen MR) is 79.2 cm³/mol. The van der Waals surface area contributed by atoms with Gasteiger partial charge in [-0.05, 0) is 25.1 Å². The summed E-state index contributed by atoms with van der Waals surface area (Å²) in [6.07, 6.45) is 5.08. The second-order valence-corrected chi connectivity index (χ2v) is 4.81. The lowest BCUT2D eigenvalue weighted by Gasteiger charge is -2.19. The van der Waals surface area contributed by atoms with Crippen molar-refractivity contribution in [3.63, 3.8) is 0 Å². The van der Waals surface area contributed by atoms with E-state index < -0.39 is 0 Å². The molecule has 102 valence electrons. The highest BCUT2D eigenvalue weighted by molar-refractivity contribution is 5.44. The monoisotopic (exact) mass is 258 g/mol. The van der Waals surface area contributed by atoms with E-state index >= 15 is 0 Å². The number of anilines is 1. The zero-order valence-corrected chi connectivity index (χ0v) is 11.7. The van der Waals surface area contributed by atoms with Crippen LogP contribution in [0.4, 0.5) is 5.69 Å². The van der Waals surface area contributed by atoms with Gasteiger partial charge in [-0.15, -0.1) is 0 Å². The molecule has 4 nitrogen and oxygen atoms in total. The first kappa shape index (κ1) is 13.6. The van der Waals surface area contributed by atoms with Crippen LogP contribution in [-0.2, 0) is 13.6 Å². The van der Waals surface area contributed by atoms with Crippen molar-refractivity contribution in [3.8, 4) is 0 Å². The van der Waals surface area contributed by atoms with Crippen LogP contribution in [0.1, 0.15) is 12.0 Å². The van der Waals surface area contributed by atoms with E-state index in [0.717, 1.165) is 26.1 Å². The predicted octanol–water partition coefficient (Wildman–Crippen LogP) is 2.04. The summed E-state index contributed by atoms with van der Waals surface area (Å²) in [5.41, 5.74) is 2.51. The second kappa shape index (κ2) is 6.95. The molecular formula is C15H22N4. The molecule has 1 aromatic carbocycles. The van der Waals surface area contributed by atoms with Crippen LogP contribution >= 0.6 is 0 Å². The van der Waals surface area contributed by atoms with Gasteiger partial charge in [-0.25, -0.2) is 0 Å². The quantitative estimate of drug-likeness (QED) is 0.772. The van der Waals surface area contributed by atoms with E-state index in [2.05, 4.69) is 46.6 Å². The molecule has 0 aliphatic heterocycles. The molecule has 0 amide bonds. The number of benzene rings is 1. The second-order valence-electron chi connectivity index (χ2n) is 4.81. The highest BCUT2D eigenvalue weighted by atomic mass is 15.2. The van der Waals surface area contributed by atoms with Crippen LogP contribution in [0.2, 0.25) is 0 Å². The number of hydrogen-bond donors (Lipinski definition) is 1. The van der Waals surface area contributed by atoms with Gasteiger partial charge in [0, 0.05) is 44.6 Å². The number of hydrogen-bond acceptors (Lipinski definition) is 3. The van der Waals surface area contributed by atoms with Crippen molar-refractivity contribution in [2.75, 3.05) is 25.0 Å². The average molecular weight is 258 g/mol. The van der Waals surface area contributed by atoms with Crippen LogP contribution in [-0.4, -0.2) is 29.9 Å². The van der Waals surface area contributed by atoms with Crippen LogP contribution < -0.4 is 10.2 Å². The molecule has 1 heterocycles. The zero-order valence-electron chi connectivity index (χ0n) is 11.7. The molecule has 2 aromatic rings. The molecule has 0 bridgehead atoms. The molecule has 0 atom stereocenters. The van der Waals surface area contributed by atoms with Crippen LogP contribution in [0.3, 0.4) is 0 Å². The van der Waals surface area contributed by atoms with Gasteiger partial charge < -0.3 is 10.2 Å². The fraction of sp³-hybridized carbons (Fsp3) is 0.400. The van der Waals surface area contributed by atoms with Gasteiger partial charge in [-0.1, -0.05) is 18.2 Å². The van der Waals surface area contributed by atoms with E-state index in [4.69, 9.17) is 0 Å². The molecule has 1 N–H and O–H groups in total. The summed E-state index contributed by atoms with van der Waals surface area (Å²) >= 11 is 0. The van der Waals surface area contributed by atoms with Crippen molar-refractivity contribution < 1.29 is 0 Å². The standard InChI is InChI=1S/C15H22N4/c1-18(15-7-4-3-5-8-15)10-6-9-16-11-14-12-17-19(2)13-14/h3-5,7-8,12-13,16H,6,9-11H2,1-2H3. The minimum atomic E-state index is 0.892. The van der Waals surface area contributed by atoms with E-state index in [-0.39, 0.29) is 0 Å². The lowest BCUT2D eigenvalue weighted by atomic mass is 10.3. The first-order valence-electron chi connectivity index (χ1n) is 6.70. The Hall–Kier alpha value is -1.81. The number of nitrogens with zero attached hydrogens (tertiary/aromatic N) is 3. The first-order valence-corrected chi connectivity index (χ1v) is 6.70. The molecule has 0 spiro atoms. The van der Waals surface area contributed by atoms with Gasteiger partial charge in [-0.2, -0.15) is 5.10 Å². The molecule has 2 rings (SSSR count). The molecule has 0 fully saturated rings. The Balaban J connectivity index is 1.62. The third-order valence-corrected chi connectivity index (χ3v) is 3.13. The van der Waals surface area contributed by atoms with E-state index in [1.807, 2.05) is 30.2 Å². The maximum Gasteiger partial charge on any atom is 0.0534 e. The van der Waals surface area contributed by atoms with Gasteiger partial charge in [0.15, 0.2) is 0 Å². The lowest BCUT2D eigenvalue weighted by molar-refractivity contribution is 0.645. The normalized spacial score (nSPS) is 10.6. The van der Waals surface area contributed by atoms with E-state index in [1.54, 1.807) is 0 Å². The van der Waals surface area contributed by atoms with Gasteiger partial charge in [-0.3, -0.25) is 4.68 Å². The summed E-state index contributed by atoms with van der Waals surface area (Å²) < 4.78 is 1.83. The van der Waals surface area contributed by atoms with Gasteiger partial charge in [0.1, 0.15) is 0 Å². The Morgan fingerprint density at radius 1 is 1.26 bits per heavy atom. The fourth-order valence-electron chi connectivity index (χ4n) is 2.05. The number of aryl methyl sites for hydroxylation is 1. The van der Waals surface area contributed by atoms with Crippen molar-refractivity contribution in [2.24, 2.45) is 7.05 Å². The third kappa shape index (κ3) is 4.41. The molecule has 4 heteroatoms. The summed E-state index contributed by atoms with van der Waals surface area (Å²) in [6.45, 7) is 2.97. The van der Waals surface area contributed by atoms with Crippen LogP contribution in [0.5, 0.6) is 0 Å². The Morgan fingerprint density at radius 2 is 2.05 bits per heavy atom. The summed E-state index contributed by atoms with van der Waals surface area (Å²) in [7, 11) is 4.08. The number of rotatable bonds is 7. The molecular weight excluding hydrogens is 236 g/mol. The van der Waals surface area contributed by atoms with E-state index in [1.165, 1.54) is 11.3 Å². The highest BCUT2D eigenvalue weighted by Gasteiger charge is 1.99. The van der Waals surface area contributed by atoms with Crippen molar-refractivity contribution in [2.45, 2.75) is 13.0 Å². The number of nitrogens with one attached hydrogen (secondary N) is 1. The molecule has 0 saturated heterocycles. The summed E-state index contributed by atoms with van der Waals surface area (Å²) in [4.78, 5) is 2.28. The Bertz CT molecular complexity index is 478. The summed E-state index contributed by atoms with van der Waals surface area (Å²) in [5.74, 6) is 0. The number of aromatic nitrogens is 2. The molecule has 0 aliphatic rings. The molecule has 0 unspecified atom stereocenters. The SMILES string of the molecule is CN(CCCNCc1cnn(C)c1)c1ccccc1. The van der Waals surface area contributed by atoms with Crippen LogP contribution in [0, 0.1) is 0 Å². The topological polar surface area (TPSA) is 33.1 Å². The molecule has 0 saturated carbocycles. The van der Waals surface area contributed by atoms with Gasteiger partial charge in [0.05, 0.1) is 6.20 Å². The minimum Gasteiger partial charge on any atom is -0.375 e. The average Bonchev–Trinajstić information content (AvgIpc) is 2.85. The molecule has 0 aliphatic carbocycles. The first-order chi connectivity index (χ1) is 9.25. The van der Waals surface area contributed by atoms with Crippen molar-refractivity contribution in [1.82, 2.24) is 15.1 Å². The van der Waals surface area contributed by atoms with Crippen molar-refractivity contribution >= 4 is 5.69 Å². The van der Waals surface area contributed by atoms with Gasteiger partial charge >= 0.3 is 0 Å². The van der Waals surface area contributed by atoms with Gasteiger partial charge in [0.2, 0.25) is 0 Å². The lowest BCUT2D eigenvalue weighted by Crippen LogP contribution is -2.23. The zero-order chi connectivity index (χ0) is 13.5. The smallest absolute Gasteiger partial charge is 0.0534 e. The maximum absolute atomic E-state index is 4.15.